The Bertz CT molecular complexity index is 467. The van der Waals surface area contributed by atoms with E-state index in [0.29, 0.717) is 5.92 Å². The molecule has 1 aromatic rings. The number of hydrogen-bond donors (Lipinski definition) is 1. The van der Waals surface area contributed by atoms with Crippen molar-refractivity contribution >= 4 is 27.5 Å². The third-order valence-corrected chi connectivity index (χ3v) is 3.94. The number of aliphatic hydroxyl groups excluding tert-OH is 1. The fourth-order valence-corrected chi connectivity index (χ4v) is 2.97. The molecule has 0 bridgehead atoms. The van der Waals surface area contributed by atoms with E-state index >= 15 is 0 Å². The van der Waals surface area contributed by atoms with Gasteiger partial charge in [-0.25, -0.2) is 0 Å². The van der Waals surface area contributed by atoms with E-state index in [1.807, 2.05) is 29.2 Å². The molecular weight excluding hydrogens is 308 g/mol. The van der Waals surface area contributed by atoms with Crippen molar-refractivity contribution in [3.05, 3.63) is 28.7 Å². The number of benzene rings is 1. The maximum atomic E-state index is 12.3. The molecule has 0 aromatic heterocycles. The summed E-state index contributed by atoms with van der Waals surface area (Å²) < 4.78 is 0.972. The minimum atomic E-state index is -0.496. The number of anilines is 1. The molecule has 1 aromatic carbocycles. The summed E-state index contributed by atoms with van der Waals surface area (Å²) in [4.78, 5) is 16.0. The van der Waals surface area contributed by atoms with E-state index < -0.39 is 6.04 Å². The van der Waals surface area contributed by atoms with Gasteiger partial charge in [-0.1, -0.05) is 28.9 Å². The second kappa shape index (κ2) is 5.92. The Morgan fingerprint density at radius 2 is 2.16 bits per heavy atom. The topological polar surface area (TPSA) is 43.8 Å². The first-order valence-corrected chi connectivity index (χ1v) is 7.20. The van der Waals surface area contributed by atoms with E-state index in [0.717, 1.165) is 23.2 Å². The van der Waals surface area contributed by atoms with Crippen molar-refractivity contribution in [1.82, 2.24) is 4.90 Å². The van der Waals surface area contributed by atoms with Crippen LogP contribution in [-0.4, -0.2) is 48.7 Å². The zero-order valence-corrected chi connectivity index (χ0v) is 12.8. The number of likely N-dealkylation sites (N-methyl/N-ethyl adjacent to an activating group) is 1. The minimum Gasteiger partial charge on any atom is -0.394 e. The molecule has 0 spiro atoms. The van der Waals surface area contributed by atoms with E-state index in [1.54, 1.807) is 11.9 Å². The molecule has 19 heavy (non-hydrogen) atoms. The smallest absolute Gasteiger partial charge is 0.247 e. The number of hydrogen-bond acceptors (Lipinski definition) is 3. The fraction of sp³-hybridized carbons (Fsp3) is 0.500. The van der Waals surface area contributed by atoms with Crippen LogP contribution in [0.1, 0.15) is 6.92 Å². The lowest BCUT2D eigenvalue weighted by atomic mass is 10.1. The van der Waals surface area contributed by atoms with Gasteiger partial charge in [-0.05, 0) is 24.1 Å². The molecule has 5 heteroatoms. The summed E-state index contributed by atoms with van der Waals surface area (Å²) in [5.74, 6) is 0.344. The van der Waals surface area contributed by atoms with Crippen LogP contribution in [0.2, 0.25) is 0 Å². The lowest BCUT2D eigenvalue weighted by Gasteiger charge is -2.31. The summed E-state index contributed by atoms with van der Waals surface area (Å²) in [6.07, 6.45) is 0. The SMILES string of the molecule is CC1CN(C)C(=O)C(CO)N(c2cccc(Br)c2)C1. The number of aliphatic hydroxyl groups is 1. The Kier molecular flexibility index (Phi) is 4.47. The van der Waals surface area contributed by atoms with Crippen molar-refractivity contribution in [2.45, 2.75) is 13.0 Å². The highest BCUT2D eigenvalue weighted by Crippen LogP contribution is 2.25. The average molecular weight is 327 g/mol. The molecule has 4 nitrogen and oxygen atoms in total. The number of carbonyl (C=O) groups is 1. The molecule has 1 heterocycles. The predicted molar refractivity (Wildman–Crippen MR) is 79.2 cm³/mol. The third-order valence-electron chi connectivity index (χ3n) is 3.44. The van der Waals surface area contributed by atoms with Crippen molar-refractivity contribution in [3.8, 4) is 0 Å². The molecule has 1 saturated heterocycles. The molecule has 1 fully saturated rings. The Balaban J connectivity index is 2.37. The van der Waals surface area contributed by atoms with Gasteiger partial charge in [-0.2, -0.15) is 0 Å². The average Bonchev–Trinajstić information content (AvgIpc) is 2.47. The monoisotopic (exact) mass is 326 g/mol. The highest BCUT2D eigenvalue weighted by atomic mass is 79.9. The molecule has 1 amide bonds. The van der Waals surface area contributed by atoms with Gasteiger partial charge in [0.15, 0.2) is 0 Å². The molecule has 1 aliphatic heterocycles. The van der Waals surface area contributed by atoms with Crippen LogP contribution < -0.4 is 4.90 Å². The number of carbonyl (C=O) groups excluding carboxylic acids is 1. The highest BCUT2D eigenvalue weighted by Gasteiger charge is 2.33. The molecule has 0 radical (unpaired) electrons. The second-order valence-electron chi connectivity index (χ2n) is 5.15. The van der Waals surface area contributed by atoms with Crippen LogP contribution in [0.15, 0.2) is 28.7 Å². The minimum absolute atomic E-state index is 0.0215. The second-order valence-corrected chi connectivity index (χ2v) is 6.07. The summed E-state index contributed by atoms with van der Waals surface area (Å²) in [6, 6.07) is 7.35. The number of halogens is 1. The van der Waals surface area contributed by atoms with Gasteiger partial charge in [0, 0.05) is 30.3 Å². The quantitative estimate of drug-likeness (QED) is 0.900. The van der Waals surface area contributed by atoms with Crippen molar-refractivity contribution in [1.29, 1.82) is 0 Å². The number of nitrogens with zero attached hydrogens (tertiary/aromatic N) is 2. The zero-order chi connectivity index (χ0) is 14.0. The normalized spacial score (nSPS) is 24.5. The summed E-state index contributed by atoms with van der Waals surface area (Å²) >= 11 is 3.45. The first kappa shape index (κ1) is 14.3. The Morgan fingerprint density at radius 1 is 1.42 bits per heavy atom. The lowest BCUT2D eigenvalue weighted by Crippen LogP contribution is -2.47. The van der Waals surface area contributed by atoms with Gasteiger partial charge in [-0.3, -0.25) is 4.79 Å². The van der Waals surface area contributed by atoms with Crippen molar-refractivity contribution in [2.75, 3.05) is 31.6 Å². The van der Waals surface area contributed by atoms with Gasteiger partial charge < -0.3 is 14.9 Å². The molecule has 0 saturated carbocycles. The molecule has 1 N–H and O–H groups in total. The molecule has 2 unspecified atom stereocenters. The zero-order valence-electron chi connectivity index (χ0n) is 11.2. The van der Waals surface area contributed by atoms with Crippen LogP contribution in [0.3, 0.4) is 0 Å². The van der Waals surface area contributed by atoms with Crippen LogP contribution in [0, 0.1) is 5.92 Å². The third kappa shape index (κ3) is 3.09. The predicted octanol–water partition coefficient (Wildman–Crippen LogP) is 1.72. The van der Waals surface area contributed by atoms with E-state index in [2.05, 4.69) is 22.9 Å². The van der Waals surface area contributed by atoms with Gasteiger partial charge in [0.05, 0.1) is 6.61 Å². The lowest BCUT2D eigenvalue weighted by molar-refractivity contribution is -0.131. The van der Waals surface area contributed by atoms with Crippen molar-refractivity contribution in [2.24, 2.45) is 5.92 Å². The molecular formula is C14H19BrN2O2. The van der Waals surface area contributed by atoms with E-state index in [4.69, 9.17) is 0 Å². The van der Waals surface area contributed by atoms with Crippen LogP contribution in [0.5, 0.6) is 0 Å². The Hall–Kier alpha value is -1.07. The molecule has 2 atom stereocenters. The Labute approximate surface area is 122 Å². The summed E-state index contributed by atoms with van der Waals surface area (Å²) in [5.41, 5.74) is 0.962. The maximum absolute atomic E-state index is 12.3. The van der Waals surface area contributed by atoms with Gasteiger partial charge >= 0.3 is 0 Å². The fourth-order valence-electron chi connectivity index (χ4n) is 2.58. The van der Waals surface area contributed by atoms with Crippen LogP contribution in [-0.2, 0) is 4.79 Å². The van der Waals surface area contributed by atoms with Gasteiger partial charge in [-0.15, -0.1) is 0 Å². The molecule has 1 aliphatic rings. The first-order valence-electron chi connectivity index (χ1n) is 6.41. The standard InChI is InChI=1S/C14H19BrN2O2/c1-10-7-16(2)14(19)13(9-18)17(8-10)12-5-3-4-11(15)6-12/h3-6,10,13,18H,7-9H2,1-2H3. The van der Waals surface area contributed by atoms with Crippen LogP contribution >= 0.6 is 15.9 Å². The number of rotatable bonds is 2. The highest BCUT2D eigenvalue weighted by molar-refractivity contribution is 9.10. The molecule has 104 valence electrons. The van der Waals surface area contributed by atoms with E-state index in [1.165, 1.54) is 0 Å². The summed E-state index contributed by atoms with van der Waals surface area (Å²) in [6.45, 7) is 3.44. The summed E-state index contributed by atoms with van der Waals surface area (Å²) in [7, 11) is 1.80. The van der Waals surface area contributed by atoms with Gasteiger partial charge in [0.25, 0.3) is 0 Å². The van der Waals surface area contributed by atoms with Gasteiger partial charge in [0.1, 0.15) is 6.04 Å². The van der Waals surface area contributed by atoms with Crippen molar-refractivity contribution < 1.29 is 9.90 Å². The molecule has 2 rings (SSSR count). The van der Waals surface area contributed by atoms with E-state index in [9.17, 15) is 9.90 Å². The van der Waals surface area contributed by atoms with Crippen molar-refractivity contribution in [3.63, 3.8) is 0 Å². The van der Waals surface area contributed by atoms with Crippen LogP contribution in [0.25, 0.3) is 0 Å². The van der Waals surface area contributed by atoms with E-state index in [-0.39, 0.29) is 12.5 Å². The maximum Gasteiger partial charge on any atom is 0.247 e. The number of amides is 1. The van der Waals surface area contributed by atoms with Gasteiger partial charge in [0.2, 0.25) is 5.91 Å². The first-order chi connectivity index (χ1) is 9.02. The van der Waals surface area contributed by atoms with Crippen LogP contribution in [0.4, 0.5) is 5.69 Å². The molecule has 0 aliphatic carbocycles. The largest absolute Gasteiger partial charge is 0.394 e. The Morgan fingerprint density at radius 3 is 2.79 bits per heavy atom. The summed E-state index contributed by atoms with van der Waals surface area (Å²) in [5, 5.41) is 9.59.